The molecule has 3 unspecified atom stereocenters. The van der Waals surface area contributed by atoms with E-state index in [2.05, 4.69) is 19.2 Å². The normalized spacial score (nSPS) is 13.6. The SMILES string of the molecule is CCCCCCCCCCCCCCCCCCCCCCCCCCCCCCCCCCC(=O)NC(COP(=O)([O-])OCC[N+](C)(C)C)C(O)CCCCCCCCCCCCCCCCCCCCCCCCC. The van der Waals surface area contributed by atoms with Gasteiger partial charge in [-0.2, -0.15) is 0 Å². The lowest BCUT2D eigenvalue weighted by Crippen LogP contribution is -2.46. The third kappa shape index (κ3) is 62.9. The summed E-state index contributed by atoms with van der Waals surface area (Å²) in [6, 6.07) is -0.796. The van der Waals surface area contributed by atoms with Crippen molar-refractivity contribution in [3.05, 3.63) is 0 Å². The maximum atomic E-state index is 13.1. The second-order valence-corrected chi connectivity index (χ2v) is 27.0. The highest BCUT2D eigenvalue weighted by Gasteiger charge is 2.24. The average Bonchev–Trinajstić information content (AvgIpc) is 3.39. The van der Waals surface area contributed by atoms with Crippen LogP contribution in [0.4, 0.5) is 0 Å². The lowest BCUT2D eigenvalue weighted by molar-refractivity contribution is -0.870. The fourth-order valence-corrected chi connectivity index (χ4v) is 11.9. The maximum Gasteiger partial charge on any atom is 0.268 e. The Labute approximate surface area is 482 Å². The van der Waals surface area contributed by atoms with Crippen molar-refractivity contribution in [2.45, 2.75) is 392 Å². The number of hydrogen-bond donors (Lipinski definition) is 2. The van der Waals surface area contributed by atoms with Crippen molar-refractivity contribution in [2.24, 2.45) is 0 Å². The standard InChI is InChI=1S/C68H139N2O6P/c1-6-8-10-12-14-16-18-20-22-24-26-28-30-31-32-33-34-35-36-37-38-40-42-44-46-48-50-52-54-56-58-60-62-68(72)69-66(65-76-77(73,74)75-64-63-70(3,4)5)67(71)61-59-57-55-53-51-49-47-45-43-41-39-29-27-25-23-21-19-17-15-13-11-9-7-2/h66-67,71H,6-65H2,1-5H3,(H-,69,72,73,74). The number of carbonyl (C=O) groups is 1. The number of amides is 1. The molecule has 0 aromatic rings. The van der Waals surface area contributed by atoms with Gasteiger partial charge in [0.25, 0.3) is 7.82 Å². The predicted molar refractivity (Wildman–Crippen MR) is 335 cm³/mol. The van der Waals surface area contributed by atoms with Gasteiger partial charge in [-0.15, -0.1) is 0 Å². The second kappa shape index (κ2) is 60.1. The number of aliphatic hydroxyl groups is 1. The minimum Gasteiger partial charge on any atom is -0.756 e. The van der Waals surface area contributed by atoms with Crippen molar-refractivity contribution in [1.82, 2.24) is 5.32 Å². The van der Waals surface area contributed by atoms with Crippen LogP contribution in [0.3, 0.4) is 0 Å². The topological polar surface area (TPSA) is 108 Å². The van der Waals surface area contributed by atoms with Gasteiger partial charge >= 0.3 is 0 Å². The number of hydrogen-bond acceptors (Lipinski definition) is 6. The molecule has 0 rings (SSSR count). The zero-order valence-electron chi connectivity index (χ0n) is 53.0. The first-order valence-electron chi connectivity index (χ1n) is 34.9. The van der Waals surface area contributed by atoms with E-state index in [1.165, 1.54) is 315 Å². The van der Waals surface area contributed by atoms with Gasteiger partial charge in [0.15, 0.2) is 0 Å². The molecule has 0 aromatic carbocycles. The van der Waals surface area contributed by atoms with Crippen LogP contribution >= 0.6 is 7.82 Å². The minimum atomic E-state index is -4.57. The Bertz CT molecular complexity index is 1220. The van der Waals surface area contributed by atoms with Gasteiger partial charge in [0.1, 0.15) is 13.2 Å². The molecule has 0 aliphatic heterocycles. The van der Waals surface area contributed by atoms with Gasteiger partial charge in [-0.25, -0.2) is 0 Å². The van der Waals surface area contributed by atoms with E-state index in [1.54, 1.807) is 0 Å². The van der Waals surface area contributed by atoms with E-state index < -0.39 is 20.0 Å². The quantitative estimate of drug-likeness (QED) is 0.0357. The monoisotopic (exact) mass is 1110 g/mol. The zero-order chi connectivity index (χ0) is 56.3. The summed E-state index contributed by atoms with van der Waals surface area (Å²) >= 11 is 0. The number of carbonyl (C=O) groups excluding carboxylic acids is 1. The zero-order valence-corrected chi connectivity index (χ0v) is 53.9. The van der Waals surface area contributed by atoms with Crippen molar-refractivity contribution in [3.63, 3.8) is 0 Å². The van der Waals surface area contributed by atoms with E-state index in [9.17, 15) is 19.4 Å². The van der Waals surface area contributed by atoms with Crippen LogP contribution in [0.15, 0.2) is 0 Å². The summed E-state index contributed by atoms with van der Waals surface area (Å²) in [5.74, 6) is -0.153. The number of unbranched alkanes of at least 4 members (excludes halogenated alkanes) is 53. The molecular weight excluding hydrogens is 972 g/mol. The minimum absolute atomic E-state index is 0.0169. The number of quaternary nitrogens is 1. The molecule has 0 saturated carbocycles. The first-order chi connectivity index (χ1) is 37.5. The van der Waals surface area contributed by atoms with Crippen molar-refractivity contribution in [3.8, 4) is 0 Å². The summed E-state index contributed by atoms with van der Waals surface area (Å²) in [6.07, 6.45) is 74.7. The molecule has 0 radical (unpaired) electrons. The van der Waals surface area contributed by atoms with Gasteiger partial charge in [0, 0.05) is 6.42 Å². The molecule has 0 aliphatic carbocycles. The summed E-state index contributed by atoms with van der Waals surface area (Å²) in [5, 5.41) is 14.1. The van der Waals surface area contributed by atoms with Crippen molar-refractivity contribution < 1.29 is 32.9 Å². The lowest BCUT2D eigenvalue weighted by Gasteiger charge is -2.30. The number of nitrogens with one attached hydrogen (secondary N) is 1. The van der Waals surface area contributed by atoms with E-state index in [0.717, 1.165) is 38.5 Å². The van der Waals surface area contributed by atoms with Gasteiger partial charge in [-0.05, 0) is 12.8 Å². The molecular formula is C68H139N2O6P. The third-order valence-corrected chi connectivity index (χ3v) is 17.6. The van der Waals surface area contributed by atoms with E-state index in [0.29, 0.717) is 23.9 Å². The van der Waals surface area contributed by atoms with Gasteiger partial charge < -0.3 is 28.8 Å². The first kappa shape index (κ1) is 76.5. The Kier molecular flexibility index (Phi) is 59.7. The van der Waals surface area contributed by atoms with Crippen LogP contribution < -0.4 is 10.2 Å². The maximum absolute atomic E-state index is 13.1. The first-order valence-corrected chi connectivity index (χ1v) is 36.3. The number of aliphatic hydroxyl groups excluding tert-OH is 1. The van der Waals surface area contributed by atoms with Crippen LogP contribution in [0.5, 0.6) is 0 Å². The molecule has 77 heavy (non-hydrogen) atoms. The van der Waals surface area contributed by atoms with Crippen LogP contribution in [0.2, 0.25) is 0 Å². The molecule has 462 valence electrons. The molecule has 8 nitrogen and oxygen atoms in total. The van der Waals surface area contributed by atoms with E-state index in [-0.39, 0.29) is 19.1 Å². The Balaban J connectivity index is 3.96. The van der Waals surface area contributed by atoms with Crippen molar-refractivity contribution in [2.75, 3.05) is 40.9 Å². The molecule has 1 amide bonds. The van der Waals surface area contributed by atoms with Crippen molar-refractivity contribution in [1.29, 1.82) is 0 Å². The number of phosphoric acid groups is 1. The van der Waals surface area contributed by atoms with E-state index >= 15 is 0 Å². The summed E-state index contributed by atoms with van der Waals surface area (Å²) in [5.41, 5.74) is 0. The molecule has 2 N–H and O–H groups in total. The lowest BCUT2D eigenvalue weighted by atomic mass is 10.0. The van der Waals surface area contributed by atoms with Crippen LogP contribution in [-0.2, 0) is 18.4 Å². The van der Waals surface area contributed by atoms with Crippen LogP contribution in [0.25, 0.3) is 0 Å². The van der Waals surface area contributed by atoms with Gasteiger partial charge in [0.05, 0.1) is 39.9 Å². The number of nitrogens with zero attached hydrogens (tertiary/aromatic N) is 1. The highest BCUT2D eigenvalue weighted by molar-refractivity contribution is 7.45. The van der Waals surface area contributed by atoms with Crippen LogP contribution in [-0.4, -0.2) is 68.5 Å². The summed E-state index contributed by atoms with van der Waals surface area (Å²) in [4.78, 5) is 25.7. The van der Waals surface area contributed by atoms with E-state index in [1.807, 2.05) is 21.1 Å². The van der Waals surface area contributed by atoms with Crippen LogP contribution in [0, 0.1) is 0 Å². The van der Waals surface area contributed by atoms with Crippen LogP contribution in [0.1, 0.15) is 380 Å². The van der Waals surface area contributed by atoms with E-state index in [4.69, 9.17) is 9.05 Å². The smallest absolute Gasteiger partial charge is 0.268 e. The third-order valence-electron chi connectivity index (χ3n) is 16.6. The van der Waals surface area contributed by atoms with Gasteiger partial charge in [-0.1, -0.05) is 361 Å². The molecule has 0 aromatic heterocycles. The Morgan fingerprint density at radius 2 is 0.636 bits per heavy atom. The highest BCUT2D eigenvalue weighted by Crippen LogP contribution is 2.38. The molecule has 9 heteroatoms. The molecule has 0 heterocycles. The fourth-order valence-electron chi connectivity index (χ4n) is 11.2. The largest absolute Gasteiger partial charge is 0.756 e. The Morgan fingerprint density at radius 3 is 0.883 bits per heavy atom. The molecule has 0 aliphatic rings. The molecule has 0 bridgehead atoms. The van der Waals surface area contributed by atoms with Gasteiger partial charge in [-0.3, -0.25) is 9.36 Å². The summed E-state index contributed by atoms with van der Waals surface area (Å²) < 4.78 is 23.5. The Hall–Kier alpha value is -0.500. The highest BCUT2D eigenvalue weighted by atomic mass is 31.2. The van der Waals surface area contributed by atoms with Gasteiger partial charge in [0.2, 0.25) is 5.91 Å². The average molecular weight is 1110 g/mol. The number of phosphoric ester groups is 1. The summed E-state index contributed by atoms with van der Waals surface area (Å²) in [6.45, 7) is 4.80. The Morgan fingerprint density at radius 1 is 0.403 bits per heavy atom. The van der Waals surface area contributed by atoms with Crippen molar-refractivity contribution >= 4 is 13.7 Å². The number of likely N-dealkylation sites (N-methyl/N-ethyl adjacent to an activating group) is 1. The molecule has 0 fully saturated rings. The fraction of sp³-hybridized carbons (Fsp3) is 0.985. The molecule has 0 saturated heterocycles. The second-order valence-electron chi connectivity index (χ2n) is 25.6. The predicted octanol–water partition coefficient (Wildman–Crippen LogP) is 21.3. The molecule has 3 atom stereocenters. The summed E-state index contributed by atoms with van der Waals surface area (Å²) in [7, 11) is 1.33. The number of rotatable bonds is 66. The molecule has 0 spiro atoms.